The zero-order valence-electron chi connectivity index (χ0n) is 9.32. The molecule has 1 aromatic carbocycles. The lowest BCUT2D eigenvalue weighted by molar-refractivity contribution is 0.0692. The van der Waals surface area contributed by atoms with E-state index in [0.29, 0.717) is 5.76 Å². The number of carboxylic acids is 1. The van der Waals surface area contributed by atoms with Crippen LogP contribution < -0.4 is 4.74 Å². The van der Waals surface area contributed by atoms with E-state index in [1.54, 1.807) is 0 Å². The van der Waals surface area contributed by atoms with E-state index in [0.717, 1.165) is 16.5 Å². The molecule has 0 aliphatic heterocycles. The van der Waals surface area contributed by atoms with Crippen molar-refractivity contribution < 1.29 is 19.1 Å². The van der Waals surface area contributed by atoms with Gasteiger partial charge in [-0.1, -0.05) is 0 Å². The molecule has 7 heteroatoms. The van der Waals surface area contributed by atoms with Crippen LogP contribution in [0.3, 0.4) is 0 Å². The lowest BCUT2D eigenvalue weighted by Gasteiger charge is -2.10. The molecule has 19 heavy (non-hydrogen) atoms. The van der Waals surface area contributed by atoms with Gasteiger partial charge >= 0.3 is 5.97 Å². The largest absolute Gasteiger partial charge is 0.483 e. The van der Waals surface area contributed by atoms with Crippen LogP contribution >= 0.6 is 67.8 Å². The molecule has 1 N–H and O–H groups in total. The Bertz CT molecular complexity index is 598. The van der Waals surface area contributed by atoms with E-state index in [1.165, 1.54) is 12.3 Å². The Morgan fingerprint density at radius 3 is 2.47 bits per heavy atom. The van der Waals surface area contributed by atoms with E-state index in [2.05, 4.69) is 67.8 Å². The van der Waals surface area contributed by atoms with Gasteiger partial charge in [0.2, 0.25) is 0 Å². The van der Waals surface area contributed by atoms with Crippen molar-refractivity contribution in [3.05, 3.63) is 46.5 Å². The number of benzene rings is 1. The predicted octanol–water partition coefficient (Wildman–Crippen LogP) is 4.37. The summed E-state index contributed by atoms with van der Waals surface area (Å²) in [7, 11) is 0. The van der Waals surface area contributed by atoms with Crippen LogP contribution in [0.25, 0.3) is 0 Å². The fraction of sp³-hybridized carbons (Fsp3) is 0.0833. The summed E-state index contributed by atoms with van der Waals surface area (Å²) in [6.07, 6.45) is 1.35. The van der Waals surface area contributed by atoms with Crippen LogP contribution in [0.1, 0.15) is 16.1 Å². The topological polar surface area (TPSA) is 59.7 Å². The lowest BCUT2D eigenvalue weighted by atomic mass is 10.2. The minimum absolute atomic E-state index is 0.0984. The summed E-state index contributed by atoms with van der Waals surface area (Å²) in [4.78, 5) is 11.0. The van der Waals surface area contributed by atoms with E-state index in [4.69, 9.17) is 14.3 Å². The number of halogens is 3. The van der Waals surface area contributed by atoms with Gasteiger partial charge in [0.05, 0.1) is 13.4 Å². The Morgan fingerprint density at radius 2 is 1.89 bits per heavy atom. The maximum Gasteiger partial charge on any atom is 0.339 e. The molecule has 0 unspecified atom stereocenters. The summed E-state index contributed by atoms with van der Waals surface area (Å²) in [5, 5.41) is 8.98. The monoisotopic (exact) mass is 596 g/mol. The first-order valence-corrected chi connectivity index (χ1v) is 8.29. The molecule has 0 aliphatic rings. The average molecular weight is 596 g/mol. The van der Waals surface area contributed by atoms with Gasteiger partial charge in [-0.3, -0.25) is 0 Å². The molecular formula is C12H7I3O4. The molecule has 2 rings (SSSR count). The second-order valence-corrected chi connectivity index (χ2v) is 7.12. The van der Waals surface area contributed by atoms with E-state index in [9.17, 15) is 4.79 Å². The van der Waals surface area contributed by atoms with Crippen LogP contribution in [0.15, 0.2) is 28.9 Å². The third kappa shape index (κ3) is 3.74. The number of carboxylic acid groups (broad SMARTS) is 1. The molecule has 0 saturated heterocycles. The van der Waals surface area contributed by atoms with Crippen molar-refractivity contribution in [3.63, 3.8) is 0 Å². The first-order valence-electron chi connectivity index (χ1n) is 5.06. The molecule has 0 bridgehead atoms. The molecule has 2 aromatic rings. The van der Waals surface area contributed by atoms with Crippen molar-refractivity contribution in [2.24, 2.45) is 0 Å². The van der Waals surface area contributed by atoms with Gasteiger partial charge in [0.25, 0.3) is 0 Å². The summed E-state index contributed by atoms with van der Waals surface area (Å²) in [5.74, 6) is 0.0476. The molecule has 0 spiro atoms. The summed E-state index contributed by atoms with van der Waals surface area (Å²) in [5.41, 5.74) is 0.135. The van der Waals surface area contributed by atoms with Gasteiger partial charge in [-0.25, -0.2) is 4.79 Å². The van der Waals surface area contributed by atoms with Crippen LogP contribution in [0.4, 0.5) is 0 Å². The van der Waals surface area contributed by atoms with Crippen molar-refractivity contribution in [2.45, 2.75) is 6.61 Å². The Balaban J connectivity index is 2.19. The van der Waals surface area contributed by atoms with Gasteiger partial charge in [-0.2, -0.15) is 0 Å². The molecule has 0 fully saturated rings. The molecule has 0 atom stereocenters. The van der Waals surface area contributed by atoms with Crippen molar-refractivity contribution >= 4 is 73.7 Å². The van der Waals surface area contributed by atoms with Crippen LogP contribution in [-0.4, -0.2) is 11.1 Å². The Hall–Kier alpha value is -0.0400. The lowest BCUT2D eigenvalue weighted by Crippen LogP contribution is -2.04. The summed E-state index contributed by atoms with van der Waals surface area (Å²) in [6.45, 7) is 0.0984. The van der Waals surface area contributed by atoms with Crippen LogP contribution in [-0.2, 0) is 6.61 Å². The quantitative estimate of drug-likeness (QED) is 0.534. The molecule has 4 nitrogen and oxygen atoms in total. The van der Waals surface area contributed by atoms with Gasteiger partial charge in [-0.15, -0.1) is 0 Å². The number of rotatable bonds is 4. The maximum absolute atomic E-state index is 11.0. The molecule has 0 aliphatic carbocycles. The molecule has 1 aromatic heterocycles. The number of hydrogen-bond donors (Lipinski definition) is 1. The third-order valence-corrected chi connectivity index (χ3v) is 4.51. The van der Waals surface area contributed by atoms with Crippen molar-refractivity contribution in [2.75, 3.05) is 0 Å². The maximum atomic E-state index is 11.0. The Kier molecular flexibility index (Phi) is 5.34. The van der Waals surface area contributed by atoms with Crippen LogP contribution in [0.2, 0.25) is 0 Å². The average Bonchev–Trinajstić information content (AvgIpc) is 2.75. The highest BCUT2D eigenvalue weighted by atomic mass is 127. The van der Waals surface area contributed by atoms with E-state index < -0.39 is 5.97 Å². The Labute approximate surface area is 150 Å². The van der Waals surface area contributed by atoms with Gasteiger partial charge < -0.3 is 14.3 Å². The predicted molar refractivity (Wildman–Crippen MR) is 94.6 cm³/mol. The van der Waals surface area contributed by atoms with Crippen LogP contribution in [0.5, 0.6) is 5.75 Å². The second-order valence-electron chi connectivity index (χ2n) is 3.55. The molecule has 0 saturated carbocycles. The number of ether oxygens (including phenoxy) is 1. The molecule has 1 heterocycles. The fourth-order valence-corrected chi connectivity index (χ4v) is 5.34. The minimum atomic E-state index is -1.01. The minimum Gasteiger partial charge on any atom is -0.483 e. The first-order chi connectivity index (χ1) is 8.99. The fourth-order valence-electron chi connectivity index (χ4n) is 1.45. The number of aromatic carboxylic acids is 1. The van der Waals surface area contributed by atoms with Crippen molar-refractivity contribution in [1.29, 1.82) is 0 Å². The molecule has 0 radical (unpaired) electrons. The SMILES string of the molecule is O=C(O)c1ccoc1COc1c(I)cc(I)cc1I. The molecular weight excluding hydrogens is 589 g/mol. The number of hydrogen-bond acceptors (Lipinski definition) is 3. The molecule has 0 amide bonds. The zero-order valence-corrected chi connectivity index (χ0v) is 15.8. The van der Waals surface area contributed by atoms with E-state index >= 15 is 0 Å². The summed E-state index contributed by atoms with van der Waals surface area (Å²) in [6, 6.07) is 5.42. The van der Waals surface area contributed by atoms with Crippen LogP contribution in [0, 0.1) is 10.7 Å². The first kappa shape index (κ1) is 15.4. The van der Waals surface area contributed by atoms with Gasteiger partial charge in [0.1, 0.15) is 17.9 Å². The highest BCUT2D eigenvalue weighted by Gasteiger charge is 2.15. The highest BCUT2D eigenvalue weighted by Crippen LogP contribution is 2.30. The normalized spacial score (nSPS) is 10.5. The Morgan fingerprint density at radius 1 is 1.26 bits per heavy atom. The second kappa shape index (κ2) is 6.61. The van der Waals surface area contributed by atoms with E-state index in [1.807, 2.05) is 12.1 Å². The van der Waals surface area contributed by atoms with E-state index in [-0.39, 0.29) is 12.2 Å². The summed E-state index contributed by atoms with van der Waals surface area (Å²) < 4.78 is 13.9. The van der Waals surface area contributed by atoms with Crippen molar-refractivity contribution in [3.8, 4) is 5.75 Å². The standard InChI is InChI=1S/C12H7I3O4/c13-6-3-8(14)11(9(15)4-6)19-5-10-7(12(16)17)1-2-18-10/h1-4H,5H2,(H,16,17). The van der Waals surface area contributed by atoms with Crippen molar-refractivity contribution in [1.82, 2.24) is 0 Å². The highest BCUT2D eigenvalue weighted by molar-refractivity contribution is 14.1. The smallest absolute Gasteiger partial charge is 0.339 e. The number of carbonyl (C=O) groups is 1. The van der Waals surface area contributed by atoms with Gasteiger partial charge in [-0.05, 0) is 86.0 Å². The zero-order chi connectivity index (χ0) is 14.0. The molecule has 100 valence electrons. The van der Waals surface area contributed by atoms with Gasteiger partial charge in [0, 0.05) is 3.57 Å². The third-order valence-electron chi connectivity index (χ3n) is 2.29. The summed E-state index contributed by atoms with van der Waals surface area (Å²) >= 11 is 6.63. The van der Waals surface area contributed by atoms with Gasteiger partial charge in [0.15, 0.2) is 5.76 Å². The number of furan rings is 1.